The van der Waals surface area contributed by atoms with Crippen LogP contribution in [0.2, 0.25) is 0 Å². The number of aromatic nitrogens is 2. The number of piperazine rings is 1. The van der Waals surface area contributed by atoms with Crippen molar-refractivity contribution in [1.82, 2.24) is 14.9 Å². The summed E-state index contributed by atoms with van der Waals surface area (Å²) in [5.41, 5.74) is 0.974. The minimum Gasteiger partial charge on any atom is -0.354 e. The number of nitrogens with one attached hydrogen (secondary N) is 1. The highest BCUT2D eigenvalue weighted by atomic mass is 19.1. The summed E-state index contributed by atoms with van der Waals surface area (Å²) in [6.07, 6.45) is 4.66. The fourth-order valence-corrected chi connectivity index (χ4v) is 3.23. The molecule has 6 nitrogen and oxygen atoms in total. The summed E-state index contributed by atoms with van der Waals surface area (Å²) < 4.78 is 13.9. The van der Waals surface area contributed by atoms with Crippen molar-refractivity contribution in [1.29, 1.82) is 0 Å². The molecule has 0 spiro atoms. The lowest BCUT2D eigenvalue weighted by Gasteiger charge is -2.33. The molecule has 7 heteroatoms. The molecule has 3 heterocycles. The van der Waals surface area contributed by atoms with Crippen LogP contribution < -0.4 is 10.2 Å². The Morgan fingerprint density at radius 2 is 1.85 bits per heavy atom. The van der Waals surface area contributed by atoms with Crippen molar-refractivity contribution in [2.24, 2.45) is 0 Å². The van der Waals surface area contributed by atoms with Gasteiger partial charge in [-0.2, -0.15) is 0 Å². The number of benzene rings is 1. The molecule has 4 rings (SSSR count). The summed E-state index contributed by atoms with van der Waals surface area (Å²) in [7, 11) is 2.11. The molecular formula is C20H20FN5O. The third-order valence-corrected chi connectivity index (χ3v) is 4.84. The maximum Gasteiger partial charge on any atom is 0.256 e. The van der Waals surface area contributed by atoms with Gasteiger partial charge >= 0.3 is 0 Å². The van der Waals surface area contributed by atoms with E-state index in [2.05, 4.69) is 32.1 Å². The highest BCUT2D eigenvalue weighted by molar-refractivity contribution is 6.12. The van der Waals surface area contributed by atoms with Gasteiger partial charge in [-0.05, 0) is 37.4 Å². The number of carbonyl (C=O) groups is 1. The quantitative estimate of drug-likeness (QED) is 0.773. The molecule has 27 heavy (non-hydrogen) atoms. The van der Waals surface area contributed by atoms with E-state index in [0.717, 1.165) is 32.0 Å². The van der Waals surface area contributed by atoms with E-state index < -0.39 is 0 Å². The van der Waals surface area contributed by atoms with E-state index in [4.69, 9.17) is 0 Å². The molecule has 138 valence electrons. The van der Waals surface area contributed by atoms with Gasteiger partial charge in [-0.25, -0.2) is 9.37 Å². The lowest BCUT2D eigenvalue weighted by Crippen LogP contribution is -2.44. The van der Waals surface area contributed by atoms with Crippen LogP contribution in [0.15, 0.2) is 48.9 Å². The second kappa shape index (κ2) is 7.28. The predicted octanol–water partition coefficient (Wildman–Crippen LogP) is 2.77. The lowest BCUT2D eigenvalue weighted by atomic mass is 10.1. The van der Waals surface area contributed by atoms with E-state index >= 15 is 0 Å². The van der Waals surface area contributed by atoms with Crippen LogP contribution in [0.4, 0.5) is 15.9 Å². The number of likely N-dealkylation sites (N-methyl/N-ethyl adjacent to an activating group) is 1. The number of anilines is 2. The molecule has 0 aliphatic carbocycles. The van der Waals surface area contributed by atoms with E-state index in [1.165, 1.54) is 24.5 Å². The Morgan fingerprint density at radius 1 is 1.04 bits per heavy atom. The number of nitrogens with zero attached hydrogens (tertiary/aromatic N) is 4. The average molecular weight is 365 g/mol. The highest BCUT2D eigenvalue weighted by Crippen LogP contribution is 2.22. The molecule has 0 saturated carbocycles. The van der Waals surface area contributed by atoms with E-state index in [1.54, 1.807) is 12.3 Å². The van der Waals surface area contributed by atoms with Crippen LogP contribution in [0.3, 0.4) is 0 Å². The molecule has 1 fully saturated rings. The van der Waals surface area contributed by atoms with Crippen molar-refractivity contribution < 1.29 is 9.18 Å². The first-order chi connectivity index (χ1) is 13.1. The number of hydrogen-bond donors (Lipinski definition) is 1. The first kappa shape index (κ1) is 17.4. The second-order valence-electron chi connectivity index (χ2n) is 6.67. The fraction of sp³-hybridized carbons (Fsp3) is 0.250. The van der Waals surface area contributed by atoms with Crippen LogP contribution in [0.5, 0.6) is 0 Å². The minimum absolute atomic E-state index is 0.317. The zero-order valence-corrected chi connectivity index (χ0v) is 15.0. The van der Waals surface area contributed by atoms with Crippen molar-refractivity contribution in [3.8, 4) is 0 Å². The van der Waals surface area contributed by atoms with Crippen LogP contribution in [0.25, 0.3) is 10.8 Å². The Balaban J connectivity index is 1.51. The molecule has 1 aliphatic heterocycles. The van der Waals surface area contributed by atoms with Gasteiger partial charge in [-0.3, -0.25) is 9.78 Å². The number of amides is 1. The van der Waals surface area contributed by atoms with Crippen molar-refractivity contribution in [3.63, 3.8) is 0 Å². The Bertz CT molecular complexity index is 968. The van der Waals surface area contributed by atoms with E-state index in [-0.39, 0.29) is 11.7 Å². The van der Waals surface area contributed by atoms with Gasteiger partial charge in [0.2, 0.25) is 0 Å². The monoisotopic (exact) mass is 365 g/mol. The normalized spacial score (nSPS) is 15.1. The molecule has 0 bridgehead atoms. The Hall–Kier alpha value is -3.06. The Kier molecular flexibility index (Phi) is 4.68. The van der Waals surface area contributed by atoms with Gasteiger partial charge in [0.25, 0.3) is 5.91 Å². The molecule has 2 aromatic heterocycles. The van der Waals surface area contributed by atoms with Crippen molar-refractivity contribution in [3.05, 3.63) is 60.3 Å². The van der Waals surface area contributed by atoms with Gasteiger partial charge in [-0.1, -0.05) is 0 Å². The first-order valence-electron chi connectivity index (χ1n) is 8.85. The standard InChI is InChI=1S/C20H20FN5O/c1-25-8-10-26(11-9-25)19-5-2-14(12-23-19)24-20(27)16-3-4-18(21)15-6-7-22-13-17(15)16/h2-7,12-13H,8-11H2,1H3,(H,24,27). The molecule has 0 unspecified atom stereocenters. The second-order valence-corrected chi connectivity index (χ2v) is 6.67. The predicted molar refractivity (Wildman–Crippen MR) is 104 cm³/mol. The number of hydrogen-bond acceptors (Lipinski definition) is 5. The molecule has 1 N–H and O–H groups in total. The maximum absolute atomic E-state index is 13.9. The number of halogens is 1. The molecular weight excluding hydrogens is 345 g/mol. The molecule has 1 aliphatic rings. The number of fused-ring (bicyclic) bond motifs is 1. The third-order valence-electron chi connectivity index (χ3n) is 4.84. The summed E-state index contributed by atoms with van der Waals surface area (Å²) in [6, 6.07) is 8.08. The smallest absolute Gasteiger partial charge is 0.256 e. The van der Waals surface area contributed by atoms with Gasteiger partial charge in [0.05, 0.1) is 11.9 Å². The molecule has 0 atom stereocenters. The van der Waals surface area contributed by atoms with Gasteiger partial charge in [-0.15, -0.1) is 0 Å². The van der Waals surface area contributed by atoms with Crippen LogP contribution in [0.1, 0.15) is 10.4 Å². The zero-order chi connectivity index (χ0) is 18.8. The number of carbonyl (C=O) groups excluding carboxylic acids is 1. The average Bonchev–Trinajstić information content (AvgIpc) is 2.70. The summed E-state index contributed by atoms with van der Waals surface area (Å²) in [4.78, 5) is 25.6. The first-order valence-corrected chi connectivity index (χ1v) is 8.85. The van der Waals surface area contributed by atoms with Gasteiger partial charge in [0.15, 0.2) is 0 Å². The zero-order valence-electron chi connectivity index (χ0n) is 15.0. The summed E-state index contributed by atoms with van der Waals surface area (Å²) in [6.45, 7) is 3.88. The number of rotatable bonds is 3. The van der Waals surface area contributed by atoms with Gasteiger partial charge < -0.3 is 15.1 Å². The Morgan fingerprint density at radius 3 is 2.59 bits per heavy atom. The third kappa shape index (κ3) is 3.59. The SMILES string of the molecule is CN1CCN(c2ccc(NC(=O)c3ccc(F)c4ccncc34)cn2)CC1. The maximum atomic E-state index is 13.9. The summed E-state index contributed by atoms with van der Waals surface area (Å²) >= 11 is 0. The molecule has 1 saturated heterocycles. The minimum atomic E-state index is -0.373. The Labute approximate surface area is 156 Å². The van der Waals surface area contributed by atoms with Crippen LogP contribution >= 0.6 is 0 Å². The molecule has 3 aromatic rings. The largest absolute Gasteiger partial charge is 0.354 e. The number of pyridine rings is 2. The van der Waals surface area contributed by atoms with Crippen LogP contribution in [-0.4, -0.2) is 54.0 Å². The molecule has 1 amide bonds. The summed E-state index contributed by atoms with van der Waals surface area (Å²) in [5, 5.41) is 3.69. The van der Waals surface area contributed by atoms with Gasteiger partial charge in [0, 0.05) is 54.9 Å². The van der Waals surface area contributed by atoms with E-state index in [1.807, 2.05) is 12.1 Å². The van der Waals surface area contributed by atoms with E-state index in [9.17, 15) is 9.18 Å². The summed E-state index contributed by atoms with van der Waals surface area (Å²) in [5.74, 6) is 0.210. The van der Waals surface area contributed by atoms with Crippen molar-refractivity contribution >= 4 is 28.2 Å². The van der Waals surface area contributed by atoms with Crippen molar-refractivity contribution in [2.75, 3.05) is 43.4 Å². The highest BCUT2D eigenvalue weighted by Gasteiger charge is 2.16. The van der Waals surface area contributed by atoms with E-state index in [0.29, 0.717) is 22.0 Å². The molecule has 1 aromatic carbocycles. The van der Waals surface area contributed by atoms with Gasteiger partial charge in [0.1, 0.15) is 11.6 Å². The fourth-order valence-electron chi connectivity index (χ4n) is 3.23. The van der Waals surface area contributed by atoms with Crippen molar-refractivity contribution in [2.45, 2.75) is 0 Å². The topological polar surface area (TPSA) is 61.4 Å². The lowest BCUT2D eigenvalue weighted by molar-refractivity contribution is 0.102. The van der Waals surface area contributed by atoms with Crippen LogP contribution in [0, 0.1) is 5.82 Å². The van der Waals surface area contributed by atoms with Crippen LogP contribution in [-0.2, 0) is 0 Å². The molecule has 0 radical (unpaired) electrons.